The standard InChI is InChI=1S/C17H12N4S2/c1-2-5-12(6-3-1)15-9-14-16(18-11-19-17(14)23-15)21-20-10-13-7-4-8-22-13/h1-11H,(H,18,19,21). The molecule has 4 rings (SSSR count). The van der Waals surface area contributed by atoms with Crippen LogP contribution in [0.15, 0.2) is 65.3 Å². The van der Waals surface area contributed by atoms with Crippen molar-refractivity contribution in [1.82, 2.24) is 9.97 Å². The molecule has 6 heteroatoms. The topological polar surface area (TPSA) is 50.2 Å². The molecule has 112 valence electrons. The van der Waals surface area contributed by atoms with Gasteiger partial charge in [0.05, 0.1) is 11.6 Å². The van der Waals surface area contributed by atoms with Crippen LogP contribution in [0.5, 0.6) is 0 Å². The van der Waals surface area contributed by atoms with Crippen LogP contribution in [-0.4, -0.2) is 16.2 Å². The maximum Gasteiger partial charge on any atom is 0.158 e. The number of hydrazone groups is 1. The number of thiophene rings is 2. The summed E-state index contributed by atoms with van der Waals surface area (Å²) in [5.74, 6) is 0.723. The van der Waals surface area contributed by atoms with Crippen molar-refractivity contribution in [2.45, 2.75) is 0 Å². The van der Waals surface area contributed by atoms with E-state index >= 15 is 0 Å². The molecule has 3 heterocycles. The van der Waals surface area contributed by atoms with E-state index in [1.165, 1.54) is 10.4 Å². The molecule has 0 aliphatic heterocycles. The highest BCUT2D eigenvalue weighted by molar-refractivity contribution is 7.21. The van der Waals surface area contributed by atoms with Gasteiger partial charge in [0, 0.05) is 9.75 Å². The van der Waals surface area contributed by atoms with Gasteiger partial charge in [-0.2, -0.15) is 5.10 Å². The smallest absolute Gasteiger partial charge is 0.158 e. The fourth-order valence-electron chi connectivity index (χ4n) is 2.21. The molecule has 0 amide bonds. The average Bonchev–Trinajstić information content (AvgIpc) is 3.25. The fraction of sp³-hybridized carbons (Fsp3) is 0. The van der Waals surface area contributed by atoms with Crippen LogP contribution in [0.2, 0.25) is 0 Å². The van der Waals surface area contributed by atoms with Crippen molar-refractivity contribution in [3.8, 4) is 10.4 Å². The number of anilines is 1. The Bertz CT molecular complexity index is 943. The summed E-state index contributed by atoms with van der Waals surface area (Å²) >= 11 is 3.30. The molecule has 0 bridgehead atoms. The van der Waals surface area contributed by atoms with E-state index in [9.17, 15) is 0 Å². The first-order valence-electron chi connectivity index (χ1n) is 7.03. The Morgan fingerprint density at radius 3 is 2.78 bits per heavy atom. The van der Waals surface area contributed by atoms with E-state index in [1.54, 1.807) is 35.2 Å². The zero-order chi connectivity index (χ0) is 15.5. The van der Waals surface area contributed by atoms with Gasteiger partial charge in [0.25, 0.3) is 0 Å². The fourth-order valence-corrected chi connectivity index (χ4v) is 3.80. The summed E-state index contributed by atoms with van der Waals surface area (Å²) in [6, 6.07) is 16.4. The van der Waals surface area contributed by atoms with Crippen LogP contribution in [0.1, 0.15) is 4.88 Å². The van der Waals surface area contributed by atoms with Crippen molar-refractivity contribution in [1.29, 1.82) is 0 Å². The first-order chi connectivity index (χ1) is 11.4. The quantitative estimate of drug-likeness (QED) is 0.427. The van der Waals surface area contributed by atoms with Crippen molar-refractivity contribution in [3.63, 3.8) is 0 Å². The van der Waals surface area contributed by atoms with Crippen LogP contribution >= 0.6 is 22.7 Å². The number of hydrogen-bond donors (Lipinski definition) is 1. The highest BCUT2D eigenvalue weighted by Gasteiger charge is 2.09. The predicted molar refractivity (Wildman–Crippen MR) is 98.4 cm³/mol. The van der Waals surface area contributed by atoms with E-state index in [-0.39, 0.29) is 0 Å². The molecule has 0 aliphatic rings. The van der Waals surface area contributed by atoms with Gasteiger partial charge in [0.15, 0.2) is 5.82 Å². The molecule has 4 nitrogen and oxygen atoms in total. The van der Waals surface area contributed by atoms with Crippen LogP contribution in [0.3, 0.4) is 0 Å². The van der Waals surface area contributed by atoms with Crippen molar-refractivity contribution < 1.29 is 0 Å². The second-order valence-corrected chi connectivity index (χ2v) is 6.81. The summed E-state index contributed by atoms with van der Waals surface area (Å²) < 4.78 is 0. The minimum Gasteiger partial charge on any atom is -0.261 e. The van der Waals surface area contributed by atoms with Crippen LogP contribution in [0, 0.1) is 0 Å². The van der Waals surface area contributed by atoms with Gasteiger partial charge in [-0.3, -0.25) is 5.43 Å². The van der Waals surface area contributed by atoms with Crippen LogP contribution in [-0.2, 0) is 0 Å². The first kappa shape index (κ1) is 14.0. The van der Waals surface area contributed by atoms with Crippen molar-refractivity contribution >= 4 is 44.9 Å². The van der Waals surface area contributed by atoms with Crippen LogP contribution in [0.4, 0.5) is 5.82 Å². The summed E-state index contributed by atoms with van der Waals surface area (Å²) in [6.07, 6.45) is 3.36. The Hall–Kier alpha value is -2.57. The van der Waals surface area contributed by atoms with E-state index in [1.807, 2.05) is 35.7 Å². The Kier molecular flexibility index (Phi) is 3.83. The predicted octanol–water partition coefficient (Wildman–Crippen LogP) is 4.87. The van der Waals surface area contributed by atoms with E-state index in [2.05, 4.69) is 38.7 Å². The largest absolute Gasteiger partial charge is 0.261 e. The molecule has 0 fully saturated rings. The van der Waals surface area contributed by atoms with Gasteiger partial charge in [-0.1, -0.05) is 36.4 Å². The van der Waals surface area contributed by atoms with Gasteiger partial charge in [-0.15, -0.1) is 22.7 Å². The third-order valence-electron chi connectivity index (χ3n) is 3.29. The molecule has 0 atom stereocenters. The lowest BCUT2D eigenvalue weighted by Crippen LogP contribution is -1.93. The summed E-state index contributed by atoms with van der Waals surface area (Å²) in [5.41, 5.74) is 4.21. The second kappa shape index (κ2) is 6.28. The zero-order valence-corrected chi connectivity index (χ0v) is 13.6. The molecule has 23 heavy (non-hydrogen) atoms. The van der Waals surface area contributed by atoms with E-state index < -0.39 is 0 Å². The highest BCUT2D eigenvalue weighted by Crippen LogP contribution is 2.34. The molecule has 0 radical (unpaired) electrons. The molecule has 0 saturated carbocycles. The number of aromatic nitrogens is 2. The molecule has 0 saturated heterocycles. The SMILES string of the molecule is C(=NNc1ncnc2sc(-c3ccccc3)cc12)c1cccs1. The molecular formula is C17H12N4S2. The van der Waals surface area contributed by atoms with E-state index in [0.717, 1.165) is 20.9 Å². The minimum absolute atomic E-state index is 0.723. The van der Waals surface area contributed by atoms with Gasteiger partial charge in [-0.25, -0.2) is 9.97 Å². The van der Waals surface area contributed by atoms with E-state index in [4.69, 9.17) is 0 Å². The first-order valence-corrected chi connectivity index (χ1v) is 8.72. The molecular weight excluding hydrogens is 324 g/mol. The second-order valence-electron chi connectivity index (χ2n) is 4.80. The number of hydrogen-bond acceptors (Lipinski definition) is 6. The molecule has 1 N–H and O–H groups in total. The molecule has 4 aromatic rings. The van der Waals surface area contributed by atoms with Gasteiger partial charge in [0.1, 0.15) is 11.2 Å². The maximum atomic E-state index is 4.36. The minimum atomic E-state index is 0.723. The third-order valence-corrected chi connectivity index (χ3v) is 5.19. The van der Waals surface area contributed by atoms with Crippen molar-refractivity contribution in [2.24, 2.45) is 5.10 Å². The molecule has 0 unspecified atom stereocenters. The van der Waals surface area contributed by atoms with Gasteiger partial charge < -0.3 is 0 Å². The third kappa shape index (κ3) is 2.99. The summed E-state index contributed by atoms with van der Waals surface area (Å²) in [6.45, 7) is 0. The molecule has 0 aliphatic carbocycles. The Morgan fingerprint density at radius 2 is 1.96 bits per heavy atom. The van der Waals surface area contributed by atoms with Gasteiger partial charge >= 0.3 is 0 Å². The number of fused-ring (bicyclic) bond motifs is 1. The molecule has 3 aromatic heterocycles. The highest BCUT2D eigenvalue weighted by atomic mass is 32.1. The number of nitrogens with zero attached hydrogens (tertiary/aromatic N) is 3. The number of rotatable bonds is 4. The molecule has 1 aromatic carbocycles. The lowest BCUT2D eigenvalue weighted by atomic mass is 10.2. The monoisotopic (exact) mass is 336 g/mol. The maximum absolute atomic E-state index is 4.36. The number of benzene rings is 1. The average molecular weight is 336 g/mol. The Labute approximate surface area is 141 Å². The lowest BCUT2D eigenvalue weighted by molar-refractivity contribution is 1.19. The summed E-state index contributed by atoms with van der Waals surface area (Å²) in [4.78, 5) is 11.9. The molecule has 0 spiro atoms. The number of nitrogens with one attached hydrogen (secondary N) is 1. The van der Waals surface area contributed by atoms with Crippen molar-refractivity contribution in [3.05, 3.63) is 65.1 Å². The summed E-state index contributed by atoms with van der Waals surface area (Å²) in [7, 11) is 0. The van der Waals surface area contributed by atoms with Crippen molar-refractivity contribution in [2.75, 3.05) is 5.43 Å². The zero-order valence-electron chi connectivity index (χ0n) is 12.0. The van der Waals surface area contributed by atoms with Crippen LogP contribution in [0.25, 0.3) is 20.7 Å². The lowest BCUT2D eigenvalue weighted by Gasteiger charge is -1.99. The van der Waals surface area contributed by atoms with E-state index in [0.29, 0.717) is 0 Å². The van der Waals surface area contributed by atoms with Gasteiger partial charge in [-0.05, 0) is 23.1 Å². The van der Waals surface area contributed by atoms with Crippen LogP contribution < -0.4 is 5.43 Å². The summed E-state index contributed by atoms with van der Waals surface area (Å²) in [5, 5.41) is 7.27. The normalized spacial score (nSPS) is 11.3. The van der Waals surface area contributed by atoms with Gasteiger partial charge in [0.2, 0.25) is 0 Å². The Balaban J connectivity index is 1.66. The Morgan fingerprint density at radius 1 is 1.04 bits per heavy atom.